The number of aromatic hydroxyl groups is 1. The minimum absolute atomic E-state index is 0.0112. The highest BCUT2D eigenvalue weighted by molar-refractivity contribution is 7.90. The van der Waals surface area contributed by atoms with Crippen LogP contribution in [0.2, 0.25) is 5.02 Å². The minimum Gasteiger partial charge on any atom is -0.505 e. The van der Waals surface area contributed by atoms with Gasteiger partial charge in [-0.15, -0.1) is 0 Å². The first-order valence-electron chi connectivity index (χ1n) is 9.24. The number of phenolic OH excluding ortho intramolecular Hbond substituents is 1. The van der Waals surface area contributed by atoms with Gasteiger partial charge in [-0.2, -0.15) is 4.98 Å². The maximum Gasteiger partial charge on any atom is 0.229 e. The number of aromatic nitrogens is 2. The number of anilines is 4. The third-order valence-corrected chi connectivity index (χ3v) is 5.82. The molecule has 0 aliphatic heterocycles. The molecule has 0 radical (unpaired) electrons. The second-order valence-corrected chi connectivity index (χ2v) is 10.4. The summed E-state index contributed by atoms with van der Waals surface area (Å²) in [6.45, 7) is 6.23. The van der Waals surface area contributed by atoms with Crippen molar-refractivity contribution >= 4 is 44.6 Å². The molecule has 31 heavy (non-hydrogen) atoms. The highest BCUT2D eigenvalue weighted by Gasteiger charge is 2.18. The molecule has 7 nitrogen and oxygen atoms in total. The molecule has 10 heteroatoms. The van der Waals surface area contributed by atoms with Crippen molar-refractivity contribution in [1.29, 1.82) is 0 Å². The third kappa shape index (κ3) is 5.42. The fourth-order valence-electron chi connectivity index (χ4n) is 2.77. The Kier molecular flexibility index (Phi) is 6.11. The second-order valence-electron chi connectivity index (χ2n) is 8.05. The molecule has 1 aromatic heterocycles. The van der Waals surface area contributed by atoms with Crippen molar-refractivity contribution in [1.82, 2.24) is 9.97 Å². The van der Waals surface area contributed by atoms with Crippen molar-refractivity contribution in [3.63, 3.8) is 0 Å². The summed E-state index contributed by atoms with van der Waals surface area (Å²) in [5.41, 5.74) is 1.86. The predicted molar refractivity (Wildman–Crippen MR) is 120 cm³/mol. The zero-order chi connectivity index (χ0) is 23.0. The second kappa shape index (κ2) is 8.32. The SMILES string of the molecule is CC(C)(C)c1cccc(Nc2nc(Nc3cc(Cl)c(O)c(S(C)(=O)=O)c3)ncc2F)c1. The smallest absolute Gasteiger partial charge is 0.229 e. The van der Waals surface area contributed by atoms with Crippen LogP contribution in [0.1, 0.15) is 26.3 Å². The Balaban J connectivity index is 1.92. The number of benzene rings is 2. The number of rotatable bonds is 5. The first-order chi connectivity index (χ1) is 14.3. The number of nitrogens with one attached hydrogen (secondary N) is 2. The van der Waals surface area contributed by atoms with Gasteiger partial charge < -0.3 is 15.7 Å². The fraction of sp³-hybridized carbons (Fsp3) is 0.238. The molecule has 3 aromatic rings. The van der Waals surface area contributed by atoms with E-state index in [4.69, 9.17) is 11.6 Å². The summed E-state index contributed by atoms with van der Waals surface area (Å²) >= 11 is 5.94. The Morgan fingerprint density at radius 1 is 1.10 bits per heavy atom. The van der Waals surface area contributed by atoms with Gasteiger partial charge in [-0.1, -0.05) is 44.5 Å². The number of hydrogen-bond acceptors (Lipinski definition) is 7. The standard InChI is InChI=1S/C21H22ClFN4O3S/c1-21(2,3)12-6-5-7-13(8-12)25-19-16(23)11-24-20(27-19)26-14-9-15(22)18(28)17(10-14)31(4,29)30/h5-11,28H,1-4H3,(H2,24,25,26,27). The molecular weight excluding hydrogens is 443 g/mol. The molecule has 0 amide bonds. The quantitative estimate of drug-likeness (QED) is 0.448. The van der Waals surface area contributed by atoms with Gasteiger partial charge in [0.05, 0.1) is 11.2 Å². The van der Waals surface area contributed by atoms with E-state index in [-0.39, 0.29) is 32.8 Å². The normalized spacial score (nSPS) is 11.9. The van der Waals surface area contributed by atoms with Gasteiger partial charge in [-0.3, -0.25) is 0 Å². The molecule has 0 spiro atoms. The lowest BCUT2D eigenvalue weighted by Gasteiger charge is -2.20. The molecule has 0 aliphatic rings. The molecule has 3 N–H and O–H groups in total. The van der Waals surface area contributed by atoms with Gasteiger partial charge in [0, 0.05) is 17.6 Å². The molecule has 164 valence electrons. The maximum absolute atomic E-state index is 14.3. The van der Waals surface area contributed by atoms with Crippen LogP contribution < -0.4 is 10.6 Å². The van der Waals surface area contributed by atoms with Crippen LogP contribution in [-0.4, -0.2) is 29.7 Å². The van der Waals surface area contributed by atoms with Gasteiger partial charge in [0.2, 0.25) is 5.95 Å². The highest BCUT2D eigenvalue weighted by Crippen LogP contribution is 2.35. The van der Waals surface area contributed by atoms with E-state index >= 15 is 0 Å². The van der Waals surface area contributed by atoms with Crippen LogP contribution in [0.15, 0.2) is 47.5 Å². The van der Waals surface area contributed by atoms with Crippen LogP contribution in [0, 0.1) is 5.82 Å². The highest BCUT2D eigenvalue weighted by atomic mass is 35.5. The third-order valence-electron chi connectivity index (χ3n) is 4.42. The molecule has 1 heterocycles. The van der Waals surface area contributed by atoms with Crippen LogP contribution in [0.3, 0.4) is 0 Å². The van der Waals surface area contributed by atoms with E-state index < -0.39 is 21.4 Å². The Hall–Kier alpha value is -2.91. The van der Waals surface area contributed by atoms with Gasteiger partial charge in [0.15, 0.2) is 27.2 Å². The lowest BCUT2D eigenvalue weighted by atomic mass is 9.87. The van der Waals surface area contributed by atoms with Crippen molar-refractivity contribution in [2.45, 2.75) is 31.1 Å². The lowest BCUT2D eigenvalue weighted by molar-refractivity contribution is 0.459. The summed E-state index contributed by atoms with van der Waals surface area (Å²) in [5, 5.41) is 15.5. The van der Waals surface area contributed by atoms with E-state index in [0.29, 0.717) is 5.69 Å². The monoisotopic (exact) mass is 464 g/mol. The molecule has 0 atom stereocenters. The Bertz CT molecular complexity index is 1240. The lowest BCUT2D eigenvalue weighted by Crippen LogP contribution is -2.11. The Morgan fingerprint density at radius 3 is 2.45 bits per heavy atom. The predicted octanol–water partition coefficient (Wildman–Crippen LogP) is 5.16. The molecule has 0 unspecified atom stereocenters. The Morgan fingerprint density at radius 2 is 1.81 bits per heavy atom. The van der Waals surface area contributed by atoms with Crippen molar-refractivity contribution < 1.29 is 17.9 Å². The number of sulfone groups is 1. The van der Waals surface area contributed by atoms with Gasteiger partial charge in [-0.05, 0) is 35.2 Å². The van der Waals surface area contributed by atoms with E-state index in [1.807, 2.05) is 18.2 Å². The molecule has 0 aliphatic carbocycles. The van der Waals surface area contributed by atoms with Crippen LogP contribution in [-0.2, 0) is 15.3 Å². The summed E-state index contributed by atoms with van der Waals surface area (Å²) in [7, 11) is -3.73. The van der Waals surface area contributed by atoms with E-state index in [0.717, 1.165) is 18.0 Å². The molecule has 0 bridgehead atoms. The van der Waals surface area contributed by atoms with Crippen LogP contribution >= 0.6 is 11.6 Å². The van der Waals surface area contributed by atoms with Crippen LogP contribution in [0.4, 0.5) is 27.5 Å². The Labute approximate surface area is 185 Å². The molecule has 3 rings (SSSR count). The zero-order valence-electron chi connectivity index (χ0n) is 17.4. The summed E-state index contributed by atoms with van der Waals surface area (Å²) < 4.78 is 38.1. The van der Waals surface area contributed by atoms with Gasteiger partial charge >= 0.3 is 0 Å². The van der Waals surface area contributed by atoms with E-state index in [9.17, 15) is 17.9 Å². The van der Waals surface area contributed by atoms with Crippen LogP contribution in [0.25, 0.3) is 0 Å². The topological polar surface area (TPSA) is 104 Å². The number of phenols is 1. The minimum atomic E-state index is -3.73. The largest absolute Gasteiger partial charge is 0.505 e. The number of halogens is 2. The first-order valence-corrected chi connectivity index (χ1v) is 11.5. The molecule has 0 saturated heterocycles. The van der Waals surface area contributed by atoms with Crippen molar-refractivity contribution in [2.75, 3.05) is 16.9 Å². The fourth-order valence-corrected chi connectivity index (χ4v) is 3.85. The maximum atomic E-state index is 14.3. The molecule has 0 saturated carbocycles. The van der Waals surface area contributed by atoms with Gasteiger partial charge in [-0.25, -0.2) is 17.8 Å². The summed E-state index contributed by atoms with van der Waals surface area (Å²) in [6.07, 6.45) is 1.94. The number of hydrogen-bond donors (Lipinski definition) is 3. The van der Waals surface area contributed by atoms with Gasteiger partial charge in [0.1, 0.15) is 4.90 Å². The van der Waals surface area contributed by atoms with Crippen LogP contribution in [0.5, 0.6) is 5.75 Å². The van der Waals surface area contributed by atoms with E-state index in [2.05, 4.69) is 41.4 Å². The van der Waals surface area contributed by atoms with E-state index in [1.165, 1.54) is 12.1 Å². The first kappa shape index (κ1) is 22.8. The van der Waals surface area contributed by atoms with E-state index in [1.54, 1.807) is 6.07 Å². The molecule has 2 aromatic carbocycles. The molecule has 0 fully saturated rings. The van der Waals surface area contributed by atoms with Crippen molar-refractivity contribution in [3.05, 3.63) is 59.0 Å². The van der Waals surface area contributed by atoms with Crippen molar-refractivity contribution in [2.24, 2.45) is 0 Å². The summed E-state index contributed by atoms with van der Waals surface area (Å²) in [6, 6.07) is 10.1. The summed E-state index contributed by atoms with van der Waals surface area (Å²) in [5.74, 6) is -1.25. The van der Waals surface area contributed by atoms with Crippen molar-refractivity contribution in [3.8, 4) is 5.75 Å². The zero-order valence-corrected chi connectivity index (χ0v) is 18.9. The average Bonchev–Trinajstić information content (AvgIpc) is 2.66. The number of nitrogens with zero attached hydrogens (tertiary/aromatic N) is 2. The average molecular weight is 465 g/mol. The van der Waals surface area contributed by atoms with Gasteiger partial charge in [0.25, 0.3) is 0 Å². The molecular formula is C21H22ClFN4O3S. The summed E-state index contributed by atoms with van der Waals surface area (Å²) in [4.78, 5) is 7.67.